The van der Waals surface area contributed by atoms with Gasteiger partial charge in [0, 0.05) is 12.8 Å². The number of rotatable bonds is 66. The van der Waals surface area contributed by atoms with Crippen molar-refractivity contribution >= 4 is 17.9 Å². The van der Waals surface area contributed by atoms with Crippen LogP contribution in [0.1, 0.15) is 348 Å². The predicted octanol–water partition coefficient (Wildman–Crippen LogP) is 21.6. The third-order valence-corrected chi connectivity index (χ3v) is 15.9. The van der Waals surface area contributed by atoms with Gasteiger partial charge in [0.2, 0.25) is 0 Å². The first-order valence-electron chi connectivity index (χ1n) is 35.2. The van der Waals surface area contributed by atoms with Gasteiger partial charge in [0.15, 0.2) is 6.10 Å². The minimum Gasteiger partial charge on any atom is -0.477 e. The fourth-order valence-corrected chi connectivity index (χ4v) is 10.5. The van der Waals surface area contributed by atoms with Crippen LogP contribution >= 0.6 is 0 Å². The fraction of sp³-hybridized carbons (Fsp3) is 0.875. The Bertz CT molecular complexity index is 1420. The van der Waals surface area contributed by atoms with Crippen molar-refractivity contribution in [3.05, 3.63) is 36.5 Å². The van der Waals surface area contributed by atoms with Gasteiger partial charge in [-0.25, -0.2) is 4.79 Å². The predicted molar refractivity (Wildman–Crippen MR) is 346 cm³/mol. The van der Waals surface area contributed by atoms with Crippen molar-refractivity contribution in [2.24, 2.45) is 0 Å². The number of carboxylic acid groups (broad SMARTS) is 1. The highest BCUT2D eigenvalue weighted by Crippen LogP contribution is 2.18. The molecule has 0 amide bonds. The number of unbranched alkanes of at least 4 members (excludes halogenated alkanes) is 45. The fourth-order valence-electron chi connectivity index (χ4n) is 10.5. The van der Waals surface area contributed by atoms with Crippen molar-refractivity contribution in [2.45, 2.75) is 360 Å². The normalized spacial score (nSPS) is 12.9. The van der Waals surface area contributed by atoms with E-state index in [9.17, 15) is 19.5 Å². The first-order valence-corrected chi connectivity index (χ1v) is 35.2. The van der Waals surface area contributed by atoms with Gasteiger partial charge in [-0.15, -0.1) is 0 Å². The van der Waals surface area contributed by atoms with Gasteiger partial charge in [0.25, 0.3) is 6.29 Å². The first kappa shape index (κ1) is 78.5. The van der Waals surface area contributed by atoms with Crippen LogP contribution in [-0.4, -0.2) is 87.4 Å². The van der Waals surface area contributed by atoms with Crippen LogP contribution in [0.4, 0.5) is 0 Å². The molecule has 0 spiro atoms. The van der Waals surface area contributed by atoms with Crippen molar-refractivity contribution in [1.82, 2.24) is 0 Å². The summed E-state index contributed by atoms with van der Waals surface area (Å²) in [5.41, 5.74) is 0. The van der Waals surface area contributed by atoms with Crippen molar-refractivity contribution in [3.8, 4) is 0 Å². The molecule has 9 nitrogen and oxygen atoms in total. The molecule has 0 bridgehead atoms. The number of hydrogen-bond donors (Lipinski definition) is 1. The Hall–Kier alpha value is -2.49. The molecule has 0 aliphatic heterocycles. The molecule has 0 fully saturated rings. The highest BCUT2D eigenvalue weighted by atomic mass is 16.7. The number of hydrogen-bond acceptors (Lipinski definition) is 7. The number of nitrogens with zero attached hydrogens (tertiary/aromatic N) is 1. The first-order chi connectivity index (χ1) is 39.6. The average Bonchev–Trinajstić information content (AvgIpc) is 3.44. The largest absolute Gasteiger partial charge is 0.477 e. The van der Waals surface area contributed by atoms with Crippen LogP contribution in [0.25, 0.3) is 0 Å². The van der Waals surface area contributed by atoms with E-state index in [1.165, 1.54) is 276 Å². The Balaban J connectivity index is 3.99. The minimum atomic E-state index is -1.51. The zero-order valence-electron chi connectivity index (χ0n) is 54.5. The summed E-state index contributed by atoms with van der Waals surface area (Å²) in [4.78, 5) is 37.6. The number of carbonyl (C=O) groups excluding carboxylic acids is 2. The summed E-state index contributed by atoms with van der Waals surface area (Å²) >= 11 is 0. The van der Waals surface area contributed by atoms with Crippen molar-refractivity contribution < 1.29 is 42.9 Å². The lowest BCUT2D eigenvalue weighted by atomic mass is 10.0. The number of carbonyl (C=O) groups is 3. The topological polar surface area (TPSA) is 108 Å². The second kappa shape index (κ2) is 63.5. The molecule has 9 heteroatoms. The maximum absolute atomic E-state index is 12.9. The molecule has 0 radical (unpaired) electrons. The van der Waals surface area contributed by atoms with E-state index in [1.807, 2.05) is 21.1 Å². The Morgan fingerprint density at radius 2 is 0.667 bits per heavy atom. The number of ether oxygens (including phenoxy) is 4. The van der Waals surface area contributed by atoms with E-state index in [2.05, 4.69) is 50.3 Å². The van der Waals surface area contributed by atoms with Gasteiger partial charge in [0.05, 0.1) is 34.4 Å². The van der Waals surface area contributed by atoms with Crippen molar-refractivity contribution in [3.63, 3.8) is 0 Å². The summed E-state index contributed by atoms with van der Waals surface area (Å²) in [6.07, 6.45) is 77.0. The SMILES string of the molecule is CCCCCCC/C=C\C/C=C\CCCCCCCCCCCCCCCCCCCCCCCCCCCC(=O)OC(COC(=O)CCCCCCCCCCC/C=C\CCCCCCCC)COC(OCC[N+](C)(C)C)C(=O)O. The third kappa shape index (κ3) is 64.9. The van der Waals surface area contributed by atoms with Crippen LogP contribution in [0.2, 0.25) is 0 Å². The van der Waals surface area contributed by atoms with Gasteiger partial charge >= 0.3 is 17.9 Å². The molecule has 0 saturated heterocycles. The Morgan fingerprint density at radius 1 is 0.370 bits per heavy atom. The lowest BCUT2D eigenvalue weighted by molar-refractivity contribution is -0.870. The summed E-state index contributed by atoms with van der Waals surface area (Å²) in [5, 5.41) is 9.73. The molecule has 2 atom stereocenters. The van der Waals surface area contributed by atoms with E-state index < -0.39 is 18.4 Å². The van der Waals surface area contributed by atoms with E-state index in [4.69, 9.17) is 18.9 Å². The maximum atomic E-state index is 12.9. The lowest BCUT2D eigenvalue weighted by Gasteiger charge is -2.25. The molecule has 0 heterocycles. The molecular weight excluding hydrogens is 1010 g/mol. The summed E-state index contributed by atoms with van der Waals surface area (Å²) in [5.74, 6) is -1.98. The molecule has 0 aromatic rings. The number of allylic oxidation sites excluding steroid dienone is 6. The summed E-state index contributed by atoms with van der Waals surface area (Å²) in [6, 6.07) is 0. The Labute approximate surface area is 502 Å². The molecule has 0 aliphatic carbocycles. The maximum Gasteiger partial charge on any atom is 0.361 e. The van der Waals surface area contributed by atoms with Gasteiger partial charge in [-0.1, -0.05) is 301 Å². The Kier molecular flexibility index (Phi) is 61.6. The van der Waals surface area contributed by atoms with E-state index >= 15 is 0 Å². The Morgan fingerprint density at radius 3 is 0.988 bits per heavy atom. The number of quaternary nitrogens is 1. The molecule has 0 rings (SSSR count). The third-order valence-electron chi connectivity index (χ3n) is 15.9. The molecule has 0 aliphatic rings. The molecule has 0 aromatic carbocycles. The highest BCUT2D eigenvalue weighted by molar-refractivity contribution is 5.71. The van der Waals surface area contributed by atoms with Gasteiger partial charge in [0.1, 0.15) is 13.2 Å². The number of aliphatic carboxylic acids is 1. The van der Waals surface area contributed by atoms with Crippen LogP contribution in [0.15, 0.2) is 36.5 Å². The zero-order chi connectivity index (χ0) is 59.1. The number of likely N-dealkylation sites (N-methyl/N-ethyl adjacent to an activating group) is 1. The second-order valence-electron chi connectivity index (χ2n) is 25.2. The van der Waals surface area contributed by atoms with Gasteiger partial charge in [-0.2, -0.15) is 0 Å². The van der Waals surface area contributed by atoms with E-state index in [0.717, 1.165) is 44.9 Å². The van der Waals surface area contributed by atoms with Crippen molar-refractivity contribution in [2.75, 3.05) is 47.5 Å². The quantitative estimate of drug-likeness (QED) is 0.0211. The van der Waals surface area contributed by atoms with Gasteiger partial charge in [-0.3, -0.25) is 9.59 Å². The van der Waals surface area contributed by atoms with Crippen LogP contribution in [0.3, 0.4) is 0 Å². The molecule has 0 aromatic heterocycles. The van der Waals surface area contributed by atoms with Crippen molar-refractivity contribution in [1.29, 1.82) is 0 Å². The number of carboxylic acids is 1. The molecule has 476 valence electrons. The smallest absolute Gasteiger partial charge is 0.361 e. The van der Waals surface area contributed by atoms with E-state index in [-0.39, 0.29) is 38.2 Å². The summed E-state index contributed by atoms with van der Waals surface area (Å²) in [7, 11) is 5.99. The monoisotopic (exact) mass is 1140 g/mol. The van der Waals surface area contributed by atoms with E-state index in [1.54, 1.807) is 0 Å². The second-order valence-corrected chi connectivity index (χ2v) is 25.2. The molecule has 1 N–H and O–H groups in total. The van der Waals surface area contributed by atoms with Crippen LogP contribution < -0.4 is 0 Å². The standard InChI is InChI=1S/C72H135NO8/c1-6-8-10-12-14-16-18-20-22-24-26-27-28-29-30-31-32-33-34-35-36-37-38-39-40-41-42-43-45-47-49-51-53-55-57-59-61-63-70(75)81-68(67-80-72(71(76)77)78-65-64-73(3,4)5)66-79-69(74)62-60-58-56-54-52-50-48-46-44-25-23-21-19-17-15-13-11-9-7-2/h18,20-21,23-24,26,68,72H,6-17,19,22,25,27-67H2,1-5H3/p+1/b20-18-,23-21-,26-24-. The van der Waals surface area contributed by atoms with Gasteiger partial charge < -0.3 is 28.5 Å². The zero-order valence-corrected chi connectivity index (χ0v) is 54.5. The average molecular weight is 1140 g/mol. The molecule has 2 unspecified atom stereocenters. The van der Waals surface area contributed by atoms with Crippen LogP contribution in [0.5, 0.6) is 0 Å². The van der Waals surface area contributed by atoms with E-state index in [0.29, 0.717) is 17.4 Å². The van der Waals surface area contributed by atoms with Crippen LogP contribution in [0, 0.1) is 0 Å². The highest BCUT2D eigenvalue weighted by Gasteiger charge is 2.25. The summed E-state index contributed by atoms with van der Waals surface area (Å²) in [6.45, 7) is 4.92. The van der Waals surface area contributed by atoms with Crippen LogP contribution in [-0.2, 0) is 33.3 Å². The summed E-state index contributed by atoms with van der Waals surface area (Å²) < 4.78 is 23.0. The molecule has 81 heavy (non-hydrogen) atoms. The minimum absolute atomic E-state index is 0.178. The number of esters is 2. The lowest BCUT2D eigenvalue weighted by Crippen LogP contribution is -2.40. The van der Waals surface area contributed by atoms with Gasteiger partial charge in [-0.05, 0) is 70.6 Å². The molecular formula is C72H136NO8+. The molecule has 0 saturated carbocycles.